The predicted octanol–water partition coefficient (Wildman–Crippen LogP) is 3.35. The quantitative estimate of drug-likeness (QED) is 0.423. The summed E-state index contributed by atoms with van der Waals surface area (Å²) in [5.74, 6) is 6.81. The smallest absolute Gasteiger partial charge is 0.259 e. The first kappa shape index (κ1) is 21.8. The van der Waals surface area contributed by atoms with Crippen LogP contribution in [0.1, 0.15) is 21.6 Å². The van der Waals surface area contributed by atoms with Gasteiger partial charge in [-0.1, -0.05) is 30.0 Å². The molecule has 1 aromatic carbocycles. The average Bonchev–Trinajstić information content (AvgIpc) is 3.19. The van der Waals surface area contributed by atoms with Crippen molar-refractivity contribution in [2.75, 3.05) is 13.4 Å². The minimum atomic E-state index is -3.24. The van der Waals surface area contributed by atoms with Gasteiger partial charge in [-0.05, 0) is 35.4 Å². The van der Waals surface area contributed by atoms with Crippen molar-refractivity contribution >= 4 is 26.0 Å². The third-order valence-electron chi connectivity index (χ3n) is 4.88. The lowest BCUT2D eigenvalue weighted by Crippen LogP contribution is -2.16. The number of hydrogen-bond donors (Lipinski definition) is 0. The fourth-order valence-electron chi connectivity index (χ4n) is 3.21. The molecule has 0 saturated carbocycles. The molecule has 0 amide bonds. The van der Waals surface area contributed by atoms with Crippen molar-refractivity contribution in [1.29, 1.82) is 0 Å². The molecule has 32 heavy (non-hydrogen) atoms. The Morgan fingerprint density at radius 1 is 1.09 bits per heavy atom. The lowest BCUT2D eigenvalue weighted by molar-refractivity contribution is 0.397. The van der Waals surface area contributed by atoms with Crippen LogP contribution in [-0.4, -0.2) is 31.2 Å². The van der Waals surface area contributed by atoms with Gasteiger partial charge in [-0.3, -0.25) is 9.20 Å². The van der Waals surface area contributed by atoms with Crippen molar-refractivity contribution in [3.8, 4) is 17.7 Å². The molecule has 0 saturated heterocycles. The summed E-state index contributed by atoms with van der Waals surface area (Å²) in [5, 5.41) is 0. The zero-order chi connectivity index (χ0) is 22.7. The molecule has 4 aromatic rings. The molecule has 0 fully saturated rings. The van der Waals surface area contributed by atoms with E-state index in [0.29, 0.717) is 24.3 Å². The lowest BCUT2D eigenvalue weighted by atomic mass is 10.1. The molecule has 3 heterocycles. The Bertz CT molecular complexity index is 1510. The number of benzene rings is 1. The molecular weight excluding hydrogens is 444 g/mol. The SMILES string of the molecule is COc1cc(CC#Cc2cn3c(=O)c(Cc4ccc(S(C)(=O)=O)cc4)ccc3s2)ccn1. The molecule has 3 aromatic heterocycles. The maximum atomic E-state index is 12.9. The zero-order valence-electron chi connectivity index (χ0n) is 17.5. The van der Waals surface area contributed by atoms with Gasteiger partial charge in [0.25, 0.3) is 5.56 Å². The van der Waals surface area contributed by atoms with Crippen LogP contribution in [0.25, 0.3) is 4.83 Å². The summed E-state index contributed by atoms with van der Waals surface area (Å²) in [5.41, 5.74) is 2.41. The fourth-order valence-corrected chi connectivity index (χ4v) is 4.72. The van der Waals surface area contributed by atoms with E-state index in [0.717, 1.165) is 20.8 Å². The van der Waals surface area contributed by atoms with E-state index < -0.39 is 9.84 Å². The highest BCUT2D eigenvalue weighted by Crippen LogP contribution is 2.18. The highest BCUT2D eigenvalue weighted by atomic mass is 32.2. The summed E-state index contributed by atoms with van der Waals surface area (Å²) in [7, 11) is -1.67. The molecule has 0 bridgehead atoms. The van der Waals surface area contributed by atoms with E-state index in [-0.39, 0.29) is 10.5 Å². The van der Waals surface area contributed by atoms with Crippen LogP contribution in [0.15, 0.2) is 70.6 Å². The third kappa shape index (κ3) is 4.90. The summed E-state index contributed by atoms with van der Waals surface area (Å²) in [4.78, 5) is 18.9. The number of fused-ring (bicyclic) bond motifs is 1. The normalized spacial score (nSPS) is 11.2. The topological polar surface area (TPSA) is 77.7 Å². The molecule has 0 unspecified atom stereocenters. The Labute approximate surface area is 190 Å². The first-order valence-corrected chi connectivity index (χ1v) is 12.4. The molecule has 0 spiro atoms. The van der Waals surface area contributed by atoms with Crippen LogP contribution in [0, 0.1) is 11.8 Å². The molecule has 0 aliphatic rings. The van der Waals surface area contributed by atoms with Crippen LogP contribution >= 0.6 is 11.3 Å². The first-order valence-electron chi connectivity index (χ1n) is 9.74. The molecule has 0 atom stereocenters. The Balaban J connectivity index is 1.54. The van der Waals surface area contributed by atoms with Crippen LogP contribution < -0.4 is 10.3 Å². The Hall–Kier alpha value is -3.41. The van der Waals surface area contributed by atoms with Gasteiger partial charge in [0.2, 0.25) is 5.88 Å². The summed E-state index contributed by atoms with van der Waals surface area (Å²) >= 11 is 1.46. The number of methoxy groups -OCH3 is 1. The Kier molecular flexibility index (Phi) is 6.12. The Morgan fingerprint density at radius 3 is 2.59 bits per heavy atom. The number of ether oxygens (including phenoxy) is 1. The van der Waals surface area contributed by atoms with Gasteiger partial charge in [0.05, 0.1) is 16.9 Å². The van der Waals surface area contributed by atoms with E-state index in [2.05, 4.69) is 16.8 Å². The van der Waals surface area contributed by atoms with E-state index in [1.54, 1.807) is 48.2 Å². The van der Waals surface area contributed by atoms with Gasteiger partial charge in [-0.15, -0.1) is 11.3 Å². The maximum Gasteiger partial charge on any atom is 0.259 e. The number of nitrogens with zero attached hydrogens (tertiary/aromatic N) is 2. The molecule has 0 radical (unpaired) electrons. The Morgan fingerprint density at radius 2 is 1.88 bits per heavy atom. The van der Waals surface area contributed by atoms with Crippen LogP contribution in [-0.2, 0) is 22.7 Å². The second-order valence-electron chi connectivity index (χ2n) is 7.25. The monoisotopic (exact) mass is 464 g/mol. The van der Waals surface area contributed by atoms with Gasteiger partial charge in [0.15, 0.2) is 9.84 Å². The van der Waals surface area contributed by atoms with Crippen LogP contribution in [0.5, 0.6) is 5.88 Å². The van der Waals surface area contributed by atoms with E-state index in [1.807, 2.05) is 24.3 Å². The molecule has 162 valence electrons. The summed E-state index contributed by atoms with van der Waals surface area (Å²) in [6, 6.07) is 14.1. The van der Waals surface area contributed by atoms with E-state index in [9.17, 15) is 13.2 Å². The van der Waals surface area contributed by atoms with E-state index >= 15 is 0 Å². The van der Waals surface area contributed by atoms with Crippen molar-refractivity contribution in [2.45, 2.75) is 17.7 Å². The van der Waals surface area contributed by atoms with Gasteiger partial charge < -0.3 is 4.74 Å². The first-order chi connectivity index (χ1) is 15.3. The second-order valence-corrected chi connectivity index (χ2v) is 10.3. The molecule has 0 aliphatic carbocycles. The van der Waals surface area contributed by atoms with Gasteiger partial charge >= 0.3 is 0 Å². The van der Waals surface area contributed by atoms with Crippen molar-refractivity contribution in [1.82, 2.24) is 9.38 Å². The van der Waals surface area contributed by atoms with E-state index in [4.69, 9.17) is 4.74 Å². The average molecular weight is 465 g/mol. The number of pyridine rings is 2. The lowest BCUT2D eigenvalue weighted by Gasteiger charge is -2.04. The summed E-state index contributed by atoms with van der Waals surface area (Å²) in [6.07, 6.45) is 5.60. The molecule has 0 N–H and O–H groups in total. The predicted molar refractivity (Wildman–Crippen MR) is 125 cm³/mol. The number of hydrogen-bond acceptors (Lipinski definition) is 6. The molecular formula is C24H20N2O4S2. The molecule has 0 aliphatic heterocycles. The van der Waals surface area contributed by atoms with Crippen molar-refractivity contribution in [3.63, 3.8) is 0 Å². The fraction of sp³-hybridized carbons (Fsp3) is 0.167. The van der Waals surface area contributed by atoms with Crippen molar-refractivity contribution in [3.05, 3.63) is 92.8 Å². The second kappa shape index (κ2) is 8.99. The molecule has 6 nitrogen and oxygen atoms in total. The van der Waals surface area contributed by atoms with Crippen LogP contribution in [0.2, 0.25) is 0 Å². The number of sulfone groups is 1. The zero-order valence-corrected chi connectivity index (χ0v) is 19.2. The van der Waals surface area contributed by atoms with Crippen LogP contribution in [0.4, 0.5) is 0 Å². The highest BCUT2D eigenvalue weighted by Gasteiger charge is 2.10. The van der Waals surface area contributed by atoms with Crippen molar-refractivity contribution < 1.29 is 13.2 Å². The maximum absolute atomic E-state index is 12.9. The molecule has 4 rings (SSSR count). The minimum Gasteiger partial charge on any atom is -0.481 e. The minimum absolute atomic E-state index is 0.0992. The number of aromatic nitrogens is 2. The van der Waals surface area contributed by atoms with Gasteiger partial charge in [-0.25, -0.2) is 13.4 Å². The highest BCUT2D eigenvalue weighted by molar-refractivity contribution is 7.90. The van der Waals surface area contributed by atoms with Crippen molar-refractivity contribution in [2.24, 2.45) is 0 Å². The van der Waals surface area contributed by atoms with Gasteiger partial charge in [0, 0.05) is 43.1 Å². The largest absolute Gasteiger partial charge is 0.481 e. The standard InChI is InChI=1S/C24H20N2O4S2/c1-30-22-15-17(12-13-25-22)4-3-5-20-16-26-23(31-20)11-8-19(24(26)27)14-18-6-9-21(10-7-18)32(2,28)29/h6-13,15-16H,4,14H2,1-2H3. The summed E-state index contributed by atoms with van der Waals surface area (Å²) in [6.45, 7) is 0. The molecule has 8 heteroatoms. The summed E-state index contributed by atoms with van der Waals surface area (Å²) < 4.78 is 30.0. The van der Waals surface area contributed by atoms with Gasteiger partial charge in [-0.2, -0.15) is 0 Å². The number of thiazole rings is 1. The van der Waals surface area contributed by atoms with E-state index in [1.165, 1.54) is 17.6 Å². The van der Waals surface area contributed by atoms with Crippen LogP contribution in [0.3, 0.4) is 0 Å². The van der Waals surface area contributed by atoms with Gasteiger partial charge in [0.1, 0.15) is 4.83 Å². The third-order valence-corrected chi connectivity index (χ3v) is 6.98. The number of rotatable bonds is 5.